The van der Waals surface area contributed by atoms with Crippen molar-refractivity contribution in [2.45, 2.75) is 99.8 Å². The number of Topliss-reactive ketones (excluding diaryl/α,β-unsaturated/α-hetero) is 2. The van der Waals surface area contributed by atoms with Gasteiger partial charge in [-0.3, -0.25) is 4.79 Å². The molecular weight excluding hydrogens is 432 g/mol. The van der Waals surface area contributed by atoms with Gasteiger partial charge < -0.3 is 10.5 Å². The molecule has 8 atom stereocenters. The van der Waals surface area contributed by atoms with Gasteiger partial charge in [0.15, 0.2) is 5.78 Å². The number of carbonyl (C=O) groups is 2. The minimum atomic E-state index is -0.569. The number of hydrogen-bond acceptors (Lipinski definition) is 3. The van der Waals surface area contributed by atoms with Crippen LogP contribution in [0.25, 0.3) is 4.85 Å². The molecule has 0 aromatic rings. The largest absolute Gasteiger partial charge is 0.330 e. The minimum absolute atomic E-state index is 0.000714. The molecule has 4 fully saturated rings. The van der Waals surface area contributed by atoms with Gasteiger partial charge in [0.1, 0.15) is 5.78 Å². The van der Waals surface area contributed by atoms with Gasteiger partial charge in [0.25, 0.3) is 0 Å². The van der Waals surface area contributed by atoms with Gasteiger partial charge in [0, 0.05) is 17.8 Å². The summed E-state index contributed by atoms with van der Waals surface area (Å²) in [4.78, 5) is 31.2. The molecule has 0 aromatic heterocycles. The van der Waals surface area contributed by atoms with Crippen molar-refractivity contribution in [3.63, 3.8) is 0 Å². The topological polar surface area (TPSA) is 64.5 Å². The smallest absolute Gasteiger partial charge is 0.226 e. The average Bonchev–Trinajstić information content (AvgIpc) is 2.77. The van der Waals surface area contributed by atoms with Crippen molar-refractivity contribution >= 4 is 11.6 Å². The molecule has 4 heteroatoms. The van der Waals surface area contributed by atoms with Crippen LogP contribution >= 0.6 is 0 Å². The molecule has 0 aliphatic heterocycles. The standard InChI is InChI=1S/C31H46N2O2/c1-26(2)11-13-31(18-32)14-12-30(7)24(19(31)16-26)21(34)15-23-28(5)17-20(33-8)25(35)27(3,4)22(28)9-10-29(23,30)6/h17,19,22-24H,9-16,18,32H2,1-7H3/t19-,22?,23+,24-,28-,29+,30+,31+/m0/s1. The zero-order valence-corrected chi connectivity index (χ0v) is 23.1. The lowest BCUT2D eigenvalue weighted by molar-refractivity contribution is -0.221. The van der Waals surface area contributed by atoms with E-state index in [4.69, 9.17) is 12.3 Å². The fourth-order valence-corrected chi connectivity index (χ4v) is 10.7. The molecule has 4 nitrogen and oxygen atoms in total. The van der Waals surface area contributed by atoms with E-state index in [0.29, 0.717) is 24.7 Å². The van der Waals surface area contributed by atoms with Crippen molar-refractivity contribution in [1.82, 2.24) is 0 Å². The third-order valence-corrected chi connectivity index (χ3v) is 13.0. The molecule has 5 aliphatic rings. The molecule has 0 bridgehead atoms. The normalized spacial score (nSPS) is 50.1. The predicted octanol–water partition coefficient (Wildman–Crippen LogP) is 6.60. The van der Waals surface area contributed by atoms with Crippen LogP contribution in [0.3, 0.4) is 0 Å². The molecule has 0 amide bonds. The van der Waals surface area contributed by atoms with Gasteiger partial charge in [-0.25, -0.2) is 4.85 Å². The highest BCUT2D eigenvalue weighted by molar-refractivity contribution is 6.02. The maximum absolute atomic E-state index is 14.4. The number of rotatable bonds is 1. The van der Waals surface area contributed by atoms with Crippen molar-refractivity contribution in [2.24, 2.45) is 61.9 Å². The Morgan fingerprint density at radius 1 is 0.943 bits per heavy atom. The Labute approximate surface area is 212 Å². The van der Waals surface area contributed by atoms with Crippen molar-refractivity contribution in [1.29, 1.82) is 0 Å². The molecule has 1 unspecified atom stereocenters. The molecule has 0 radical (unpaired) electrons. The molecule has 0 aromatic carbocycles. The first-order chi connectivity index (χ1) is 16.1. The molecule has 5 rings (SSSR count). The highest BCUT2D eigenvalue weighted by Gasteiger charge is 2.71. The zero-order valence-electron chi connectivity index (χ0n) is 23.1. The maximum Gasteiger partial charge on any atom is 0.226 e. The van der Waals surface area contributed by atoms with E-state index >= 15 is 0 Å². The van der Waals surface area contributed by atoms with Gasteiger partial charge in [-0.2, -0.15) is 0 Å². The van der Waals surface area contributed by atoms with Gasteiger partial charge in [0.05, 0.1) is 6.57 Å². The Hall–Kier alpha value is -1.47. The van der Waals surface area contributed by atoms with E-state index in [-0.39, 0.29) is 56.3 Å². The van der Waals surface area contributed by atoms with Crippen LogP contribution in [-0.4, -0.2) is 18.1 Å². The number of nitrogens with zero attached hydrogens (tertiary/aromatic N) is 1. The number of ketones is 2. The first-order valence-electron chi connectivity index (χ1n) is 14.0. The summed E-state index contributed by atoms with van der Waals surface area (Å²) in [5.41, 5.74) is 6.20. The number of nitrogens with two attached hydrogens (primary N) is 1. The highest BCUT2D eigenvalue weighted by Crippen LogP contribution is 2.75. The lowest BCUT2D eigenvalue weighted by Crippen LogP contribution is -2.69. The van der Waals surface area contributed by atoms with Crippen molar-refractivity contribution in [3.05, 3.63) is 23.2 Å². The number of allylic oxidation sites excluding steroid dienone is 2. The van der Waals surface area contributed by atoms with Gasteiger partial charge in [-0.05, 0) is 96.3 Å². The molecule has 35 heavy (non-hydrogen) atoms. The first-order valence-corrected chi connectivity index (χ1v) is 14.0. The third-order valence-electron chi connectivity index (χ3n) is 13.0. The van der Waals surface area contributed by atoms with E-state index in [0.717, 1.165) is 38.5 Å². The van der Waals surface area contributed by atoms with Crippen LogP contribution in [0, 0.1) is 62.7 Å². The van der Waals surface area contributed by atoms with E-state index in [1.165, 1.54) is 6.42 Å². The summed E-state index contributed by atoms with van der Waals surface area (Å²) >= 11 is 0. The van der Waals surface area contributed by atoms with Gasteiger partial charge in [-0.1, -0.05) is 54.5 Å². The van der Waals surface area contributed by atoms with E-state index in [1.54, 1.807) is 0 Å². The lowest BCUT2D eigenvalue weighted by atomic mass is 9.31. The zero-order chi connectivity index (χ0) is 25.8. The van der Waals surface area contributed by atoms with E-state index in [9.17, 15) is 9.59 Å². The van der Waals surface area contributed by atoms with Crippen LogP contribution in [0.5, 0.6) is 0 Å². The Kier molecular flexibility index (Phi) is 5.26. The average molecular weight is 479 g/mol. The van der Waals surface area contributed by atoms with Gasteiger partial charge in [-0.15, -0.1) is 0 Å². The molecule has 0 saturated heterocycles. The fraction of sp³-hybridized carbons (Fsp3) is 0.839. The second-order valence-corrected chi connectivity index (χ2v) is 15.2. The summed E-state index contributed by atoms with van der Waals surface area (Å²) in [5.74, 6) is 1.19. The summed E-state index contributed by atoms with van der Waals surface area (Å²) in [6, 6.07) is 0. The Balaban J connectivity index is 1.63. The number of fused-ring (bicyclic) bond motifs is 7. The van der Waals surface area contributed by atoms with Crippen molar-refractivity contribution < 1.29 is 9.59 Å². The molecule has 192 valence electrons. The lowest BCUT2D eigenvalue weighted by Gasteiger charge is -2.72. The summed E-state index contributed by atoms with van der Waals surface area (Å²) < 4.78 is 0. The van der Waals surface area contributed by atoms with Crippen LogP contribution in [0.1, 0.15) is 99.8 Å². The van der Waals surface area contributed by atoms with E-state index in [1.807, 2.05) is 19.9 Å². The van der Waals surface area contributed by atoms with Crippen LogP contribution < -0.4 is 5.73 Å². The number of hydrogen-bond donors (Lipinski definition) is 1. The highest BCUT2D eigenvalue weighted by atomic mass is 16.1. The number of carbonyl (C=O) groups excluding carboxylic acids is 2. The minimum Gasteiger partial charge on any atom is -0.330 e. The molecular formula is C31H46N2O2. The van der Waals surface area contributed by atoms with Crippen LogP contribution in [-0.2, 0) is 9.59 Å². The Morgan fingerprint density at radius 2 is 1.60 bits per heavy atom. The molecule has 5 aliphatic carbocycles. The Bertz CT molecular complexity index is 1050. The predicted molar refractivity (Wildman–Crippen MR) is 139 cm³/mol. The molecule has 4 saturated carbocycles. The van der Waals surface area contributed by atoms with Crippen LogP contribution in [0.15, 0.2) is 11.8 Å². The van der Waals surface area contributed by atoms with Crippen LogP contribution in [0.2, 0.25) is 0 Å². The second-order valence-electron chi connectivity index (χ2n) is 15.2. The van der Waals surface area contributed by atoms with E-state index < -0.39 is 5.41 Å². The molecule has 2 N–H and O–H groups in total. The fourth-order valence-electron chi connectivity index (χ4n) is 10.7. The first kappa shape index (κ1) is 25.2. The molecule has 0 spiro atoms. The van der Waals surface area contributed by atoms with E-state index in [2.05, 4.69) is 39.5 Å². The van der Waals surface area contributed by atoms with Crippen molar-refractivity contribution in [3.8, 4) is 0 Å². The third kappa shape index (κ3) is 3.00. The maximum atomic E-state index is 14.4. The van der Waals surface area contributed by atoms with Gasteiger partial charge in [0.2, 0.25) is 5.70 Å². The summed E-state index contributed by atoms with van der Waals surface area (Å²) in [6.45, 7) is 24.4. The summed E-state index contributed by atoms with van der Waals surface area (Å²) in [7, 11) is 0. The monoisotopic (exact) mass is 478 g/mol. The van der Waals surface area contributed by atoms with Crippen LogP contribution in [0.4, 0.5) is 0 Å². The quantitative estimate of drug-likeness (QED) is 0.432. The van der Waals surface area contributed by atoms with Crippen molar-refractivity contribution in [2.75, 3.05) is 6.54 Å². The summed E-state index contributed by atoms with van der Waals surface area (Å²) in [6.07, 6.45) is 10.3. The Morgan fingerprint density at radius 3 is 2.23 bits per heavy atom. The SMILES string of the molecule is [C-]#[N+]C1=C[C@@]2(C)C(CC[C@]3(C)[C@@H]2CC(=O)[C@@H]2[C@@H]4CC(C)(C)CC[C@]4(CN)CC[C@]23C)C(C)(C)C1=O. The second kappa shape index (κ2) is 7.31. The molecule has 0 heterocycles. The summed E-state index contributed by atoms with van der Waals surface area (Å²) in [5, 5.41) is 0. The van der Waals surface area contributed by atoms with Gasteiger partial charge >= 0.3 is 0 Å².